The highest BCUT2D eigenvalue weighted by atomic mass is 19.1. The van der Waals surface area contributed by atoms with Gasteiger partial charge in [0.15, 0.2) is 12.1 Å². The molecule has 0 aliphatic heterocycles. The fourth-order valence-corrected chi connectivity index (χ4v) is 2.05. The van der Waals surface area contributed by atoms with Crippen LogP contribution in [-0.2, 0) is 4.79 Å². The third kappa shape index (κ3) is 7.12. The lowest BCUT2D eigenvalue weighted by Crippen LogP contribution is -2.00. The van der Waals surface area contributed by atoms with E-state index in [1.807, 2.05) is 36.4 Å². The predicted octanol–water partition coefficient (Wildman–Crippen LogP) is 5.50. The molecule has 0 saturated carbocycles. The molecule has 0 amide bonds. The van der Waals surface area contributed by atoms with Crippen molar-refractivity contribution in [2.24, 2.45) is 0 Å². The van der Waals surface area contributed by atoms with Gasteiger partial charge < -0.3 is 10.1 Å². The van der Waals surface area contributed by atoms with Gasteiger partial charge in [-0.1, -0.05) is 37.4 Å². The van der Waals surface area contributed by atoms with Crippen LogP contribution in [0.3, 0.4) is 0 Å². The maximum Gasteiger partial charge on any atom is 0.161 e. The van der Waals surface area contributed by atoms with Crippen LogP contribution in [0, 0.1) is 0 Å². The number of nitrogens with one attached hydrogen (secondary N) is 1. The van der Waals surface area contributed by atoms with Gasteiger partial charge in [0.25, 0.3) is 0 Å². The molecule has 0 saturated heterocycles. The first-order valence-corrected chi connectivity index (χ1v) is 8.11. The van der Waals surface area contributed by atoms with Crippen LogP contribution in [0.1, 0.15) is 17.3 Å². The number of allylic oxidation sites excluding steroid dienone is 4. The zero-order valence-corrected chi connectivity index (χ0v) is 15.4. The van der Waals surface area contributed by atoms with Gasteiger partial charge in [-0.3, -0.25) is 9.59 Å². The summed E-state index contributed by atoms with van der Waals surface area (Å²) in [7, 11) is 1.79. The SMILES string of the molecule is C=C/C=C(/C=O)C(=C)F.CNc1cc(Oc2ccccc2)ccc1C(C)=O. The van der Waals surface area contributed by atoms with E-state index in [1.165, 1.54) is 12.2 Å². The highest BCUT2D eigenvalue weighted by Crippen LogP contribution is 2.26. The van der Waals surface area contributed by atoms with Crippen molar-refractivity contribution in [2.75, 3.05) is 12.4 Å². The smallest absolute Gasteiger partial charge is 0.161 e. The van der Waals surface area contributed by atoms with Gasteiger partial charge in [-0.15, -0.1) is 0 Å². The fraction of sp³-hybridized carbons (Fsp3) is 0.0909. The standard InChI is InChI=1S/C15H15NO2.C7H7FO/c1-11(17)14-9-8-13(10-15(14)16-2)18-12-6-4-3-5-7-12;1-3-4-7(5-9)6(2)8/h3-10,16H,1-2H3;3-5H,1-2H2/b;7-4-. The molecule has 0 radical (unpaired) electrons. The molecule has 0 aliphatic carbocycles. The number of carbonyl (C=O) groups is 2. The van der Waals surface area contributed by atoms with Gasteiger partial charge >= 0.3 is 0 Å². The van der Waals surface area contributed by atoms with Crippen LogP contribution < -0.4 is 10.1 Å². The first-order chi connectivity index (χ1) is 12.9. The molecule has 2 aromatic carbocycles. The topological polar surface area (TPSA) is 55.4 Å². The van der Waals surface area contributed by atoms with E-state index < -0.39 is 5.83 Å². The summed E-state index contributed by atoms with van der Waals surface area (Å²) in [5, 5.41) is 3.00. The van der Waals surface area contributed by atoms with Gasteiger partial charge in [0.2, 0.25) is 0 Å². The van der Waals surface area contributed by atoms with Gasteiger partial charge in [-0.05, 0) is 37.3 Å². The molecule has 2 rings (SSSR count). The number of halogens is 1. The Kier molecular flexibility index (Phi) is 8.95. The maximum absolute atomic E-state index is 12.0. The van der Waals surface area contributed by atoms with Gasteiger partial charge in [0, 0.05) is 29.9 Å². The first kappa shape index (κ1) is 21.6. The number of hydrogen-bond donors (Lipinski definition) is 1. The van der Waals surface area contributed by atoms with Gasteiger partial charge in [-0.25, -0.2) is 4.39 Å². The van der Waals surface area contributed by atoms with E-state index in [0.29, 0.717) is 17.6 Å². The number of carbonyl (C=O) groups excluding carboxylic acids is 2. The summed E-state index contributed by atoms with van der Waals surface area (Å²) in [6.45, 7) is 7.77. The Morgan fingerprint density at radius 1 is 1.15 bits per heavy atom. The zero-order chi connectivity index (χ0) is 20.2. The largest absolute Gasteiger partial charge is 0.457 e. The summed E-state index contributed by atoms with van der Waals surface area (Å²) in [6.07, 6.45) is 2.98. The Morgan fingerprint density at radius 3 is 2.26 bits per heavy atom. The molecule has 0 unspecified atom stereocenters. The highest BCUT2D eigenvalue weighted by Gasteiger charge is 2.07. The number of aldehydes is 1. The summed E-state index contributed by atoms with van der Waals surface area (Å²) in [5.74, 6) is 0.779. The van der Waals surface area contributed by atoms with E-state index in [1.54, 1.807) is 26.1 Å². The van der Waals surface area contributed by atoms with Crippen molar-refractivity contribution in [1.82, 2.24) is 0 Å². The van der Waals surface area contributed by atoms with E-state index in [-0.39, 0.29) is 11.4 Å². The molecule has 4 nitrogen and oxygen atoms in total. The number of ketones is 1. The van der Waals surface area contributed by atoms with Crippen LogP contribution in [0.2, 0.25) is 0 Å². The summed E-state index contributed by atoms with van der Waals surface area (Å²) in [6, 6.07) is 14.9. The van der Waals surface area contributed by atoms with E-state index in [9.17, 15) is 14.0 Å². The quantitative estimate of drug-likeness (QED) is 0.304. The third-order valence-corrected chi connectivity index (χ3v) is 3.36. The molecule has 5 heteroatoms. The number of ether oxygens (including phenoxy) is 1. The molecule has 0 aromatic heterocycles. The zero-order valence-electron chi connectivity index (χ0n) is 15.4. The Bertz CT molecular complexity index is 842. The number of hydrogen-bond acceptors (Lipinski definition) is 4. The number of benzene rings is 2. The average Bonchev–Trinajstić information content (AvgIpc) is 2.66. The highest BCUT2D eigenvalue weighted by molar-refractivity contribution is 5.99. The summed E-state index contributed by atoms with van der Waals surface area (Å²) in [4.78, 5) is 21.3. The Balaban J connectivity index is 0.000000345. The van der Waals surface area contributed by atoms with Crippen LogP contribution in [0.5, 0.6) is 11.5 Å². The van der Waals surface area contributed by atoms with Crippen molar-refractivity contribution in [1.29, 1.82) is 0 Å². The summed E-state index contributed by atoms with van der Waals surface area (Å²) < 4.78 is 17.7. The van der Waals surface area contributed by atoms with Crippen LogP contribution in [0.25, 0.3) is 0 Å². The Morgan fingerprint density at radius 2 is 1.81 bits per heavy atom. The van der Waals surface area contributed by atoms with E-state index in [0.717, 1.165) is 11.4 Å². The van der Waals surface area contributed by atoms with Crippen molar-refractivity contribution in [2.45, 2.75) is 6.92 Å². The average molecular weight is 367 g/mol. The minimum Gasteiger partial charge on any atom is -0.457 e. The van der Waals surface area contributed by atoms with Crippen molar-refractivity contribution in [3.8, 4) is 11.5 Å². The molecular weight excluding hydrogens is 345 g/mol. The van der Waals surface area contributed by atoms with E-state index in [4.69, 9.17) is 4.74 Å². The van der Waals surface area contributed by atoms with Crippen LogP contribution >= 0.6 is 0 Å². The van der Waals surface area contributed by atoms with Gasteiger partial charge in [0.05, 0.1) is 0 Å². The second-order valence-electron chi connectivity index (χ2n) is 5.31. The number of rotatable bonds is 7. The molecule has 0 spiro atoms. The van der Waals surface area contributed by atoms with Crippen molar-refractivity contribution in [3.05, 3.63) is 90.8 Å². The molecular formula is C22H22FNO3. The Hall–Kier alpha value is -3.47. The number of anilines is 1. The van der Waals surface area contributed by atoms with Crippen molar-refractivity contribution >= 4 is 17.8 Å². The van der Waals surface area contributed by atoms with E-state index >= 15 is 0 Å². The number of Topliss-reactive ketones (excluding diaryl/α,β-unsaturated/α-hetero) is 1. The Labute approximate surface area is 158 Å². The molecule has 2 aromatic rings. The summed E-state index contributed by atoms with van der Waals surface area (Å²) >= 11 is 0. The molecule has 0 atom stereocenters. The molecule has 0 bridgehead atoms. The van der Waals surface area contributed by atoms with Gasteiger partial charge in [0.1, 0.15) is 17.3 Å². The first-order valence-electron chi connectivity index (χ1n) is 8.11. The van der Waals surface area contributed by atoms with Crippen molar-refractivity contribution < 1.29 is 18.7 Å². The van der Waals surface area contributed by atoms with Crippen LogP contribution in [-0.4, -0.2) is 19.1 Å². The van der Waals surface area contributed by atoms with Gasteiger partial charge in [-0.2, -0.15) is 0 Å². The minimum absolute atomic E-state index is 0.0330. The second kappa shape index (κ2) is 11.2. The molecule has 0 fully saturated rings. The molecule has 0 heterocycles. The summed E-state index contributed by atoms with van der Waals surface area (Å²) in [5.41, 5.74) is 1.37. The fourth-order valence-electron chi connectivity index (χ4n) is 2.05. The van der Waals surface area contributed by atoms with Crippen molar-refractivity contribution in [3.63, 3.8) is 0 Å². The number of para-hydroxylation sites is 1. The third-order valence-electron chi connectivity index (χ3n) is 3.36. The lowest BCUT2D eigenvalue weighted by molar-refractivity contribution is -0.104. The van der Waals surface area contributed by atoms with Crippen LogP contribution in [0.4, 0.5) is 10.1 Å². The maximum atomic E-state index is 12.0. The van der Waals surface area contributed by atoms with E-state index in [2.05, 4.69) is 18.5 Å². The lowest BCUT2D eigenvalue weighted by atomic mass is 10.1. The lowest BCUT2D eigenvalue weighted by Gasteiger charge is -2.10. The molecule has 27 heavy (non-hydrogen) atoms. The normalized spacial score (nSPS) is 10.1. The second-order valence-corrected chi connectivity index (χ2v) is 5.31. The molecule has 1 N–H and O–H groups in total. The molecule has 0 aliphatic rings. The minimum atomic E-state index is -0.732. The monoisotopic (exact) mass is 367 g/mol. The molecule has 140 valence electrons. The predicted molar refractivity (Wildman–Crippen MR) is 107 cm³/mol. The van der Waals surface area contributed by atoms with Crippen LogP contribution in [0.15, 0.2) is 85.2 Å².